The predicted molar refractivity (Wildman–Crippen MR) is 85.7 cm³/mol. The first-order chi connectivity index (χ1) is 10.3. The van der Waals surface area contributed by atoms with Gasteiger partial charge in [-0.15, -0.1) is 0 Å². The second-order valence-corrected chi connectivity index (χ2v) is 7.05. The Morgan fingerprint density at radius 3 is 3.00 bits per heavy atom. The van der Waals surface area contributed by atoms with E-state index in [0.29, 0.717) is 32.2 Å². The average molecular weight is 311 g/mol. The fraction of sp³-hybridized carbons (Fsp3) is 0.867. The summed E-state index contributed by atoms with van der Waals surface area (Å²) in [6.45, 7) is 3.39. The van der Waals surface area contributed by atoms with Gasteiger partial charge in [0.25, 0.3) is 0 Å². The standard InChI is InChI=1S/C15H25N3O2S/c19-14(18-7-9-20-10-8-18)5-6-16-15-17-13-4-2-1-3-12(13)11-21-15/h12-13H,1-11H2,(H,16,17). The number of amides is 1. The number of fused-ring (bicyclic) bond motifs is 1. The third-order valence-corrected chi connectivity index (χ3v) is 5.71. The summed E-state index contributed by atoms with van der Waals surface area (Å²) in [7, 11) is 0. The van der Waals surface area contributed by atoms with E-state index < -0.39 is 0 Å². The van der Waals surface area contributed by atoms with Gasteiger partial charge in [-0.05, 0) is 18.8 Å². The van der Waals surface area contributed by atoms with Crippen molar-refractivity contribution in [3.05, 3.63) is 0 Å². The minimum atomic E-state index is 0.207. The molecule has 6 heteroatoms. The van der Waals surface area contributed by atoms with Crippen LogP contribution in [0.25, 0.3) is 0 Å². The number of carbonyl (C=O) groups is 1. The Morgan fingerprint density at radius 2 is 2.14 bits per heavy atom. The molecule has 0 aromatic heterocycles. The van der Waals surface area contributed by atoms with E-state index in [9.17, 15) is 4.79 Å². The predicted octanol–water partition coefficient (Wildman–Crippen LogP) is 1.49. The van der Waals surface area contributed by atoms with Crippen molar-refractivity contribution in [2.24, 2.45) is 10.9 Å². The molecule has 0 radical (unpaired) electrons. The molecule has 1 N–H and O–H groups in total. The molecule has 2 saturated heterocycles. The Labute approximate surface area is 130 Å². The highest BCUT2D eigenvalue weighted by Gasteiger charge is 2.30. The fourth-order valence-corrected chi connectivity index (χ4v) is 4.49. The summed E-state index contributed by atoms with van der Waals surface area (Å²) in [6.07, 6.45) is 5.86. The zero-order valence-corrected chi connectivity index (χ0v) is 13.4. The molecule has 118 valence electrons. The molecule has 2 aliphatic heterocycles. The van der Waals surface area contributed by atoms with Crippen molar-refractivity contribution in [2.75, 3.05) is 38.6 Å². The molecular formula is C15H25N3O2S. The summed E-state index contributed by atoms with van der Waals surface area (Å²) < 4.78 is 5.27. The zero-order valence-electron chi connectivity index (χ0n) is 12.6. The van der Waals surface area contributed by atoms with Gasteiger partial charge in [0.2, 0.25) is 5.91 Å². The lowest BCUT2D eigenvalue weighted by Crippen LogP contribution is -2.46. The highest BCUT2D eigenvalue weighted by Crippen LogP contribution is 2.31. The van der Waals surface area contributed by atoms with Crippen LogP contribution in [-0.2, 0) is 9.53 Å². The van der Waals surface area contributed by atoms with Gasteiger partial charge in [0.15, 0.2) is 5.17 Å². The fourth-order valence-electron chi connectivity index (χ4n) is 3.30. The van der Waals surface area contributed by atoms with Crippen molar-refractivity contribution < 1.29 is 9.53 Å². The first-order valence-electron chi connectivity index (χ1n) is 8.12. The van der Waals surface area contributed by atoms with Gasteiger partial charge in [0.05, 0.1) is 19.8 Å². The van der Waals surface area contributed by atoms with E-state index in [1.807, 2.05) is 16.7 Å². The van der Waals surface area contributed by atoms with Gasteiger partial charge in [0, 0.05) is 31.3 Å². The molecule has 0 bridgehead atoms. The lowest BCUT2D eigenvalue weighted by Gasteiger charge is -2.36. The number of hydrogen-bond donors (Lipinski definition) is 1. The van der Waals surface area contributed by atoms with Crippen molar-refractivity contribution >= 4 is 22.8 Å². The molecule has 5 nitrogen and oxygen atoms in total. The summed E-state index contributed by atoms with van der Waals surface area (Å²) in [6, 6.07) is 0.619. The minimum absolute atomic E-state index is 0.207. The van der Waals surface area contributed by atoms with E-state index >= 15 is 0 Å². The number of nitrogens with one attached hydrogen (secondary N) is 1. The van der Waals surface area contributed by atoms with Crippen LogP contribution in [0.1, 0.15) is 32.1 Å². The van der Waals surface area contributed by atoms with E-state index in [1.165, 1.54) is 31.4 Å². The number of amidine groups is 1. The molecule has 3 fully saturated rings. The van der Waals surface area contributed by atoms with Gasteiger partial charge in [-0.25, -0.2) is 0 Å². The van der Waals surface area contributed by atoms with Gasteiger partial charge in [-0.2, -0.15) is 0 Å². The van der Waals surface area contributed by atoms with Crippen LogP contribution >= 0.6 is 11.8 Å². The Morgan fingerprint density at radius 1 is 1.33 bits per heavy atom. The number of nitrogens with zero attached hydrogens (tertiary/aromatic N) is 2. The highest BCUT2D eigenvalue weighted by molar-refractivity contribution is 8.13. The van der Waals surface area contributed by atoms with Gasteiger partial charge >= 0.3 is 0 Å². The maximum Gasteiger partial charge on any atom is 0.224 e. The van der Waals surface area contributed by atoms with Gasteiger partial charge in [0.1, 0.15) is 0 Å². The number of rotatable bonds is 3. The van der Waals surface area contributed by atoms with Crippen molar-refractivity contribution in [3.63, 3.8) is 0 Å². The second-order valence-electron chi connectivity index (χ2n) is 6.04. The number of hydrogen-bond acceptors (Lipinski definition) is 4. The topological polar surface area (TPSA) is 53.9 Å². The smallest absolute Gasteiger partial charge is 0.224 e. The third-order valence-electron chi connectivity index (χ3n) is 4.60. The molecule has 0 aromatic carbocycles. The van der Waals surface area contributed by atoms with Crippen molar-refractivity contribution in [1.82, 2.24) is 10.2 Å². The molecule has 2 unspecified atom stereocenters. The number of thioether (sulfide) groups is 1. The van der Waals surface area contributed by atoms with Gasteiger partial charge in [-0.1, -0.05) is 24.6 Å². The Bertz CT molecular complexity index is 396. The summed E-state index contributed by atoms with van der Waals surface area (Å²) >= 11 is 1.83. The van der Waals surface area contributed by atoms with Crippen LogP contribution < -0.4 is 5.32 Å². The first kappa shape index (κ1) is 15.2. The first-order valence-corrected chi connectivity index (χ1v) is 9.11. The molecule has 21 heavy (non-hydrogen) atoms. The van der Waals surface area contributed by atoms with Crippen LogP contribution in [-0.4, -0.2) is 60.6 Å². The summed E-state index contributed by atoms with van der Waals surface area (Å²) in [5.74, 6) is 2.21. The van der Waals surface area contributed by atoms with E-state index in [4.69, 9.17) is 4.74 Å². The molecule has 1 amide bonds. The highest BCUT2D eigenvalue weighted by atomic mass is 32.2. The van der Waals surface area contributed by atoms with Crippen LogP contribution in [0.2, 0.25) is 0 Å². The number of carbonyl (C=O) groups excluding carboxylic acids is 1. The molecule has 3 aliphatic rings. The van der Waals surface area contributed by atoms with Crippen LogP contribution in [0, 0.1) is 5.92 Å². The summed E-state index contributed by atoms with van der Waals surface area (Å²) in [5, 5.41) is 4.63. The lowest BCUT2D eigenvalue weighted by atomic mass is 9.86. The lowest BCUT2D eigenvalue weighted by molar-refractivity contribution is -0.135. The molecular weight excluding hydrogens is 286 g/mol. The quantitative estimate of drug-likeness (QED) is 0.858. The van der Waals surface area contributed by atoms with E-state index in [0.717, 1.165) is 24.2 Å². The van der Waals surface area contributed by atoms with Crippen LogP contribution in [0.5, 0.6) is 0 Å². The Balaban J connectivity index is 1.42. The normalized spacial score (nSPS) is 31.6. The molecule has 1 aliphatic carbocycles. The van der Waals surface area contributed by atoms with Crippen molar-refractivity contribution in [2.45, 2.75) is 38.1 Å². The molecule has 2 heterocycles. The maximum absolute atomic E-state index is 12.0. The third kappa shape index (κ3) is 4.13. The molecule has 3 rings (SSSR count). The van der Waals surface area contributed by atoms with E-state index in [2.05, 4.69) is 10.3 Å². The largest absolute Gasteiger partial charge is 0.378 e. The molecule has 2 atom stereocenters. The van der Waals surface area contributed by atoms with Crippen molar-refractivity contribution in [3.8, 4) is 0 Å². The Kier molecular flexibility index (Phi) is 5.41. The SMILES string of the molecule is O=C(CCN=C1NC2CCCCC2CS1)N1CCOCC1. The summed E-state index contributed by atoms with van der Waals surface area (Å²) in [5.41, 5.74) is 0. The average Bonchev–Trinajstić information content (AvgIpc) is 2.55. The Hall–Kier alpha value is -0.750. The number of aliphatic imine (C=N–C) groups is 1. The van der Waals surface area contributed by atoms with Crippen LogP contribution in [0.4, 0.5) is 0 Å². The van der Waals surface area contributed by atoms with E-state index in [-0.39, 0.29) is 5.91 Å². The van der Waals surface area contributed by atoms with Gasteiger partial charge in [-0.3, -0.25) is 9.79 Å². The number of morpholine rings is 1. The number of ether oxygens (including phenoxy) is 1. The van der Waals surface area contributed by atoms with E-state index in [1.54, 1.807) is 0 Å². The summed E-state index contributed by atoms with van der Waals surface area (Å²) in [4.78, 5) is 18.5. The van der Waals surface area contributed by atoms with Crippen LogP contribution in [0.15, 0.2) is 4.99 Å². The monoisotopic (exact) mass is 311 g/mol. The van der Waals surface area contributed by atoms with Crippen molar-refractivity contribution in [1.29, 1.82) is 0 Å². The molecule has 0 aromatic rings. The zero-order chi connectivity index (χ0) is 14.5. The van der Waals surface area contributed by atoms with Gasteiger partial charge < -0.3 is 15.0 Å². The minimum Gasteiger partial charge on any atom is -0.378 e. The molecule has 0 spiro atoms. The second kappa shape index (κ2) is 7.49. The molecule has 1 saturated carbocycles. The van der Waals surface area contributed by atoms with Crippen LogP contribution in [0.3, 0.4) is 0 Å². The maximum atomic E-state index is 12.0.